The number of para-hydroxylation sites is 1. The number of carbonyl (C=O) groups excluding carboxylic acids is 2. The second-order valence-corrected chi connectivity index (χ2v) is 9.99. The molecule has 0 bridgehead atoms. The molecule has 2 aromatic rings. The summed E-state index contributed by atoms with van der Waals surface area (Å²) in [6, 6.07) is 14.1. The van der Waals surface area contributed by atoms with Crippen molar-refractivity contribution in [1.29, 1.82) is 0 Å². The van der Waals surface area contributed by atoms with Crippen molar-refractivity contribution in [3.8, 4) is 16.9 Å². The number of nitrogens with one attached hydrogen (secondary N) is 2. The minimum Gasteiger partial charge on any atom is -0.496 e. The van der Waals surface area contributed by atoms with Gasteiger partial charge in [0, 0.05) is 12.0 Å². The summed E-state index contributed by atoms with van der Waals surface area (Å²) in [5, 5.41) is 14.9. The Morgan fingerprint density at radius 2 is 1.69 bits per heavy atom. The van der Waals surface area contributed by atoms with Crippen molar-refractivity contribution in [2.24, 2.45) is 5.92 Å². The Balaban J connectivity index is 1.73. The number of aliphatic carboxylic acids is 1. The number of carbonyl (C=O) groups is 3. The van der Waals surface area contributed by atoms with Crippen LogP contribution in [0.15, 0.2) is 48.5 Å². The van der Waals surface area contributed by atoms with Gasteiger partial charge in [-0.3, -0.25) is 9.59 Å². The van der Waals surface area contributed by atoms with Crippen molar-refractivity contribution < 1.29 is 24.2 Å². The third-order valence-corrected chi connectivity index (χ3v) is 7.40. The number of hydrogen-bond donors (Lipinski definition) is 4. The second kappa shape index (κ2) is 11.6. The maximum atomic E-state index is 13.3. The molecular formula is C27H34N2O5S. The molecule has 0 saturated heterocycles. The molecule has 188 valence electrons. The van der Waals surface area contributed by atoms with Crippen molar-refractivity contribution in [3.63, 3.8) is 0 Å². The van der Waals surface area contributed by atoms with E-state index in [9.17, 15) is 19.5 Å². The molecule has 1 fully saturated rings. The van der Waals surface area contributed by atoms with Crippen molar-refractivity contribution in [2.45, 2.75) is 62.8 Å². The van der Waals surface area contributed by atoms with Gasteiger partial charge in [-0.25, -0.2) is 4.79 Å². The molecule has 0 aliphatic heterocycles. The molecule has 1 aliphatic carbocycles. The number of carboxylic acids is 1. The predicted octanol–water partition coefficient (Wildman–Crippen LogP) is 3.86. The topological polar surface area (TPSA) is 105 Å². The molecule has 0 spiro atoms. The number of hydrogen-bond acceptors (Lipinski definition) is 5. The van der Waals surface area contributed by atoms with Crippen LogP contribution in [0.1, 0.15) is 45.1 Å². The van der Waals surface area contributed by atoms with E-state index in [1.165, 1.54) is 0 Å². The highest BCUT2D eigenvalue weighted by Gasteiger charge is 2.44. The number of thiol groups is 1. The fourth-order valence-corrected chi connectivity index (χ4v) is 4.50. The van der Waals surface area contributed by atoms with Gasteiger partial charge in [0.15, 0.2) is 0 Å². The minimum absolute atomic E-state index is 0.00504. The Morgan fingerprint density at radius 1 is 1.06 bits per heavy atom. The summed E-state index contributed by atoms with van der Waals surface area (Å²) in [6.07, 6.45) is 2.65. The van der Waals surface area contributed by atoms with E-state index < -0.39 is 28.7 Å². The van der Waals surface area contributed by atoms with E-state index >= 15 is 0 Å². The van der Waals surface area contributed by atoms with Crippen LogP contribution in [0.2, 0.25) is 0 Å². The Morgan fingerprint density at radius 3 is 2.26 bits per heavy atom. The Labute approximate surface area is 212 Å². The van der Waals surface area contributed by atoms with E-state index in [-0.39, 0.29) is 18.2 Å². The molecule has 0 heterocycles. The standard InChI is InChI=1S/C27H34N2O5S/c1-17(2)23(35)24(30)29-27(14-6-7-15-27)26(33)28-21(25(31)32)16-18-10-12-19(13-11-18)20-8-4-5-9-22(20)34-3/h4-5,8-13,17,21,23,35H,6-7,14-16H2,1-3H3,(H,28,33)(H,29,30)(H,31,32)/t21-,23-/m0/s1. The van der Waals surface area contributed by atoms with Crippen molar-refractivity contribution in [1.82, 2.24) is 10.6 Å². The first kappa shape index (κ1) is 26.6. The number of ether oxygens (including phenoxy) is 1. The Kier molecular flexibility index (Phi) is 8.83. The van der Waals surface area contributed by atoms with Crippen LogP contribution in [0.5, 0.6) is 5.75 Å². The molecule has 2 aromatic carbocycles. The first-order chi connectivity index (χ1) is 16.7. The van der Waals surface area contributed by atoms with Gasteiger partial charge in [-0.15, -0.1) is 0 Å². The highest BCUT2D eigenvalue weighted by atomic mass is 32.1. The van der Waals surface area contributed by atoms with Crippen molar-refractivity contribution in [2.75, 3.05) is 7.11 Å². The number of carboxylic acid groups (broad SMARTS) is 1. The fourth-order valence-electron chi connectivity index (χ4n) is 4.44. The normalized spacial score (nSPS) is 16.4. The maximum absolute atomic E-state index is 13.3. The number of amides is 2. The maximum Gasteiger partial charge on any atom is 0.326 e. The third-order valence-electron chi connectivity index (χ3n) is 6.57. The highest BCUT2D eigenvalue weighted by Crippen LogP contribution is 2.32. The van der Waals surface area contributed by atoms with Gasteiger partial charge in [-0.1, -0.05) is 69.2 Å². The van der Waals surface area contributed by atoms with Crippen LogP contribution in [0.3, 0.4) is 0 Å². The predicted molar refractivity (Wildman–Crippen MR) is 139 cm³/mol. The molecular weight excluding hydrogens is 464 g/mol. The largest absolute Gasteiger partial charge is 0.496 e. The van der Waals surface area contributed by atoms with Gasteiger partial charge in [0.2, 0.25) is 11.8 Å². The molecule has 0 radical (unpaired) electrons. The van der Waals surface area contributed by atoms with Gasteiger partial charge in [0.1, 0.15) is 17.3 Å². The van der Waals surface area contributed by atoms with Crippen LogP contribution < -0.4 is 15.4 Å². The SMILES string of the molecule is COc1ccccc1-c1ccc(C[C@H](NC(=O)C2(NC(=O)[C@@H](S)C(C)C)CCCC2)C(=O)O)cc1. The van der Waals surface area contributed by atoms with E-state index in [2.05, 4.69) is 23.3 Å². The summed E-state index contributed by atoms with van der Waals surface area (Å²) in [5.41, 5.74) is 1.55. The summed E-state index contributed by atoms with van der Waals surface area (Å²) >= 11 is 4.37. The van der Waals surface area contributed by atoms with Crippen LogP contribution in [0.25, 0.3) is 11.1 Å². The van der Waals surface area contributed by atoms with E-state index in [0.29, 0.717) is 12.8 Å². The zero-order chi connectivity index (χ0) is 25.6. The quantitative estimate of drug-likeness (QED) is 0.373. The molecule has 1 saturated carbocycles. The van der Waals surface area contributed by atoms with Gasteiger partial charge >= 0.3 is 5.97 Å². The summed E-state index contributed by atoms with van der Waals surface area (Å²) in [7, 11) is 1.62. The third kappa shape index (κ3) is 6.36. The van der Waals surface area contributed by atoms with Gasteiger partial charge in [0.05, 0.1) is 12.4 Å². The Bertz CT molecular complexity index is 1050. The van der Waals surface area contributed by atoms with Crippen LogP contribution in [0, 0.1) is 5.92 Å². The average Bonchev–Trinajstić information content (AvgIpc) is 3.33. The first-order valence-electron chi connectivity index (χ1n) is 11.9. The van der Waals surface area contributed by atoms with E-state index in [1.54, 1.807) is 7.11 Å². The number of methoxy groups -OCH3 is 1. The zero-order valence-electron chi connectivity index (χ0n) is 20.4. The summed E-state index contributed by atoms with van der Waals surface area (Å²) in [4.78, 5) is 38.0. The number of benzene rings is 2. The van der Waals surface area contributed by atoms with Gasteiger partial charge < -0.3 is 20.5 Å². The lowest BCUT2D eigenvalue weighted by molar-refractivity contribution is -0.143. The highest BCUT2D eigenvalue weighted by molar-refractivity contribution is 7.81. The lowest BCUT2D eigenvalue weighted by Crippen LogP contribution is -2.61. The first-order valence-corrected chi connectivity index (χ1v) is 12.4. The van der Waals surface area contributed by atoms with Gasteiger partial charge in [0.25, 0.3) is 0 Å². The molecule has 2 atom stereocenters. The Hall–Kier alpha value is -3.00. The molecule has 3 N–H and O–H groups in total. The lowest BCUT2D eigenvalue weighted by atomic mass is 9.94. The molecule has 0 unspecified atom stereocenters. The monoisotopic (exact) mass is 498 g/mol. The van der Waals surface area contributed by atoms with Crippen LogP contribution in [-0.2, 0) is 20.8 Å². The van der Waals surface area contributed by atoms with E-state index in [0.717, 1.165) is 35.3 Å². The molecule has 35 heavy (non-hydrogen) atoms. The van der Waals surface area contributed by atoms with E-state index in [1.807, 2.05) is 62.4 Å². The lowest BCUT2D eigenvalue weighted by Gasteiger charge is -2.32. The zero-order valence-corrected chi connectivity index (χ0v) is 21.3. The van der Waals surface area contributed by atoms with Crippen molar-refractivity contribution in [3.05, 3.63) is 54.1 Å². The molecule has 8 heteroatoms. The fraction of sp³-hybridized carbons (Fsp3) is 0.444. The van der Waals surface area contributed by atoms with Crippen LogP contribution in [0.4, 0.5) is 0 Å². The number of rotatable bonds is 10. The van der Waals surface area contributed by atoms with E-state index in [4.69, 9.17) is 4.74 Å². The second-order valence-electron chi connectivity index (χ2n) is 9.43. The van der Waals surface area contributed by atoms with Crippen molar-refractivity contribution >= 4 is 30.4 Å². The average molecular weight is 499 g/mol. The smallest absolute Gasteiger partial charge is 0.326 e. The van der Waals surface area contributed by atoms with Gasteiger partial charge in [-0.05, 0) is 36.0 Å². The summed E-state index contributed by atoms with van der Waals surface area (Å²) in [5.74, 6) is -1.13. The summed E-state index contributed by atoms with van der Waals surface area (Å²) in [6.45, 7) is 3.77. The molecule has 2 amide bonds. The molecule has 0 aromatic heterocycles. The van der Waals surface area contributed by atoms with Gasteiger partial charge in [-0.2, -0.15) is 12.6 Å². The minimum atomic E-state index is -1.12. The molecule has 1 aliphatic rings. The van der Waals surface area contributed by atoms with Crippen LogP contribution in [-0.4, -0.2) is 46.8 Å². The summed E-state index contributed by atoms with van der Waals surface area (Å²) < 4.78 is 5.42. The molecule has 3 rings (SSSR count). The van der Waals surface area contributed by atoms with Crippen LogP contribution >= 0.6 is 12.6 Å². The molecule has 7 nitrogen and oxygen atoms in total.